The lowest BCUT2D eigenvalue weighted by Gasteiger charge is -2.28. The maximum absolute atomic E-state index is 13.3. The molecule has 1 N–H and O–H groups in total. The highest BCUT2D eigenvalue weighted by atomic mass is 16.5. The molecule has 0 saturated carbocycles. The summed E-state index contributed by atoms with van der Waals surface area (Å²) in [5.74, 6) is 1.40. The van der Waals surface area contributed by atoms with Gasteiger partial charge in [0.2, 0.25) is 11.8 Å². The van der Waals surface area contributed by atoms with Crippen LogP contribution >= 0.6 is 0 Å². The highest BCUT2D eigenvalue weighted by Crippen LogP contribution is 2.25. The van der Waals surface area contributed by atoms with Crippen LogP contribution in [0.25, 0.3) is 5.65 Å². The number of carbonyl (C=O) groups excluding carboxylic acids is 1. The lowest BCUT2D eigenvalue weighted by molar-refractivity contribution is 0.0337. The Morgan fingerprint density at radius 1 is 1.23 bits per heavy atom. The lowest BCUT2D eigenvalue weighted by atomic mass is 10.1. The number of hydrogen-bond acceptors (Lipinski definition) is 8. The van der Waals surface area contributed by atoms with Crippen LogP contribution in [0.2, 0.25) is 0 Å². The lowest BCUT2D eigenvalue weighted by Crippen LogP contribution is -2.42. The molecule has 0 radical (unpaired) electrons. The van der Waals surface area contributed by atoms with E-state index in [9.17, 15) is 4.79 Å². The molecule has 10 heteroatoms. The summed E-state index contributed by atoms with van der Waals surface area (Å²) >= 11 is 0. The number of methoxy groups -OCH3 is 1. The van der Waals surface area contributed by atoms with Crippen molar-refractivity contribution in [2.75, 3.05) is 58.9 Å². The van der Waals surface area contributed by atoms with E-state index in [1.165, 1.54) is 0 Å². The fourth-order valence-corrected chi connectivity index (χ4v) is 4.07. The average molecular weight is 482 g/mol. The molecule has 1 atom stereocenters. The molecule has 0 spiro atoms. The van der Waals surface area contributed by atoms with Gasteiger partial charge in [0, 0.05) is 38.8 Å². The molecule has 2 aromatic heterocycles. The first-order valence-electron chi connectivity index (χ1n) is 12.1. The Labute approximate surface area is 206 Å². The number of aromatic nitrogens is 4. The zero-order chi connectivity index (χ0) is 24.9. The monoisotopic (exact) mass is 481 g/mol. The smallest absolute Gasteiger partial charge is 0.291 e. The van der Waals surface area contributed by atoms with Crippen LogP contribution in [0.1, 0.15) is 54.5 Å². The van der Waals surface area contributed by atoms with E-state index < -0.39 is 0 Å². The van der Waals surface area contributed by atoms with Gasteiger partial charge in [0.05, 0.1) is 32.6 Å². The molecule has 1 saturated heterocycles. The predicted molar refractivity (Wildman–Crippen MR) is 134 cm³/mol. The molecule has 35 heavy (non-hydrogen) atoms. The molecule has 4 rings (SSSR count). The summed E-state index contributed by atoms with van der Waals surface area (Å²) in [5, 5.41) is 7.95. The van der Waals surface area contributed by atoms with Crippen LogP contribution in [0, 0.1) is 0 Å². The quantitative estimate of drug-likeness (QED) is 0.498. The van der Waals surface area contributed by atoms with Crippen molar-refractivity contribution in [3.05, 3.63) is 47.4 Å². The Morgan fingerprint density at radius 2 is 2.00 bits per heavy atom. The van der Waals surface area contributed by atoms with Crippen molar-refractivity contribution in [2.24, 2.45) is 0 Å². The van der Waals surface area contributed by atoms with Crippen molar-refractivity contribution in [2.45, 2.75) is 32.7 Å². The third-order valence-corrected chi connectivity index (χ3v) is 6.35. The number of nitrogens with zero attached hydrogens (tertiary/aromatic N) is 6. The number of carbonyl (C=O) groups is 1. The largest absolute Gasteiger partial charge is 0.497 e. The molecule has 1 amide bonds. The number of hydrogen-bond donors (Lipinski definition) is 1. The molecule has 0 bridgehead atoms. The molecule has 0 unspecified atom stereocenters. The molecule has 3 heterocycles. The van der Waals surface area contributed by atoms with Crippen LogP contribution in [0.3, 0.4) is 0 Å². The van der Waals surface area contributed by atoms with Gasteiger partial charge >= 0.3 is 0 Å². The minimum atomic E-state index is -0.214. The summed E-state index contributed by atoms with van der Waals surface area (Å²) in [6.45, 7) is 10.8. The first-order valence-corrected chi connectivity index (χ1v) is 12.1. The van der Waals surface area contributed by atoms with Gasteiger partial charge in [0.15, 0.2) is 5.65 Å². The first kappa shape index (κ1) is 24.9. The molecule has 1 aromatic carbocycles. The maximum Gasteiger partial charge on any atom is 0.291 e. The molecule has 3 aromatic rings. The van der Waals surface area contributed by atoms with Gasteiger partial charge in [0.25, 0.3) is 5.91 Å². The van der Waals surface area contributed by atoms with Crippen molar-refractivity contribution in [3.8, 4) is 5.75 Å². The molecule has 1 fully saturated rings. The number of rotatable bonds is 9. The van der Waals surface area contributed by atoms with Crippen LogP contribution in [0.5, 0.6) is 5.75 Å². The van der Waals surface area contributed by atoms with E-state index in [4.69, 9.17) is 9.47 Å². The number of anilines is 1. The van der Waals surface area contributed by atoms with Gasteiger partial charge in [-0.25, -0.2) is 4.98 Å². The summed E-state index contributed by atoms with van der Waals surface area (Å²) in [7, 11) is 3.44. The second-order valence-electron chi connectivity index (χ2n) is 9.18. The zero-order valence-electron chi connectivity index (χ0n) is 21.2. The number of ether oxygens (including phenoxy) is 2. The van der Waals surface area contributed by atoms with Crippen molar-refractivity contribution in [3.63, 3.8) is 0 Å². The van der Waals surface area contributed by atoms with Gasteiger partial charge in [-0.3, -0.25) is 9.69 Å². The number of morpholine rings is 1. The van der Waals surface area contributed by atoms with Gasteiger partial charge in [-0.2, -0.15) is 14.6 Å². The second-order valence-corrected chi connectivity index (χ2v) is 9.18. The Morgan fingerprint density at radius 3 is 2.71 bits per heavy atom. The molecule has 1 aliphatic heterocycles. The fourth-order valence-electron chi connectivity index (χ4n) is 4.07. The predicted octanol–water partition coefficient (Wildman–Crippen LogP) is 2.83. The molecular formula is C25H35N7O3. The summed E-state index contributed by atoms with van der Waals surface area (Å²) in [4.78, 5) is 26.6. The Balaban J connectivity index is 1.60. The van der Waals surface area contributed by atoms with Gasteiger partial charge in [-0.05, 0) is 30.5 Å². The van der Waals surface area contributed by atoms with E-state index in [2.05, 4.69) is 39.1 Å². The Hall–Kier alpha value is -3.24. The number of likely N-dealkylation sites (N-methyl/N-ethyl adjacent to an activating group) is 1. The van der Waals surface area contributed by atoms with E-state index in [0.29, 0.717) is 18.1 Å². The summed E-state index contributed by atoms with van der Waals surface area (Å²) in [6.07, 6.45) is 1.80. The standard InChI is InChI=1S/C25H35N7O3/c1-17(2)21-16-26-32-23(21)28-22(24(33)30(4)9-10-31-11-13-35-14-12-31)29-25(32)27-18(3)19-7-6-8-20(15-19)34-5/h6-8,15-18H,9-14H2,1-5H3,(H,27,28,29)/t18-/m0/s1. The normalized spacial score (nSPS) is 15.4. The topological polar surface area (TPSA) is 97.1 Å². The SMILES string of the molecule is COc1cccc([C@H](C)Nc2nc(C(=O)N(C)CCN3CCOCC3)nc3c(C(C)C)cnn23)c1. The molecular weight excluding hydrogens is 446 g/mol. The van der Waals surface area contributed by atoms with Crippen LogP contribution < -0.4 is 10.1 Å². The number of fused-ring (bicyclic) bond motifs is 1. The molecule has 188 valence electrons. The average Bonchev–Trinajstić information content (AvgIpc) is 3.32. The summed E-state index contributed by atoms with van der Waals surface area (Å²) in [6, 6.07) is 7.75. The van der Waals surface area contributed by atoms with E-state index in [0.717, 1.165) is 49.7 Å². The minimum Gasteiger partial charge on any atom is -0.497 e. The van der Waals surface area contributed by atoms with E-state index >= 15 is 0 Å². The van der Waals surface area contributed by atoms with Crippen LogP contribution in [0.15, 0.2) is 30.5 Å². The third kappa shape index (κ3) is 5.71. The van der Waals surface area contributed by atoms with Crippen LogP contribution in [-0.2, 0) is 4.74 Å². The highest BCUT2D eigenvalue weighted by Gasteiger charge is 2.23. The van der Waals surface area contributed by atoms with Gasteiger partial charge in [0.1, 0.15) is 5.75 Å². The number of nitrogens with one attached hydrogen (secondary N) is 1. The fraction of sp³-hybridized carbons (Fsp3) is 0.520. The number of amides is 1. The third-order valence-electron chi connectivity index (χ3n) is 6.35. The summed E-state index contributed by atoms with van der Waals surface area (Å²) in [5.41, 5.74) is 2.64. The second kappa shape index (κ2) is 11.0. The van der Waals surface area contributed by atoms with Crippen molar-refractivity contribution < 1.29 is 14.3 Å². The molecule has 1 aliphatic rings. The number of benzene rings is 1. The van der Waals surface area contributed by atoms with Crippen molar-refractivity contribution >= 4 is 17.5 Å². The Kier molecular flexibility index (Phi) is 7.82. The van der Waals surface area contributed by atoms with Gasteiger partial charge < -0.3 is 19.7 Å². The van der Waals surface area contributed by atoms with Crippen LogP contribution in [0.4, 0.5) is 5.95 Å². The molecule has 0 aliphatic carbocycles. The van der Waals surface area contributed by atoms with Gasteiger partial charge in [-0.15, -0.1) is 0 Å². The van der Waals surface area contributed by atoms with Crippen molar-refractivity contribution in [1.29, 1.82) is 0 Å². The maximum atomic E-state index is 13.3. The Bertz CT molecular complexity index is 1160. The molecule has 10 nitrogen and oxygen atoms in total. The minimum absolute atomic E-state index is 0.100. The van der Waals surface area contributed by atoms with E-state index in [1.807, 2.05) is 31.2 Å². The van der Waals surface area contributed by atoms with E-state index in [1.54, 1.807) is 29.8 Å². The van der Waals surface area contributed by atoms with E-state index in [-0.39, 0.29) is 23.7 Å². The summed E-state index contributed by atoms with van der Waals surface area (Å²) < 4.78 is 12.5. The zero-order valence-corrected chi connectivity index (χ0v) is 21.2. The van der Waals surface area contributed by atoms with Gasteiger partial charge in [-0.1, -0.05) is 26.0 Å². The highest BCUT2D eigenvalue weighted by molar-refractivity contribution is 5.91. The first-order chi connectivity index (χ1) is 16.9. The van der Waals surface area contributed by atoms with Crippen molar-refractivity contribution in [1.82, 2.24) is 29.4 Å². The van der Waals surface area contributed by atoms with Crippen LogP contribution in [-0.4, -0.2) is 88.8 Å².